The third kappa shape index (κ3) is 5.04. The Morgan fingerprint density at radius 3 is 2.30 bits per heavy atom. The van der Waals surface area contributed by atoms with Gasteiger partial charge in [0.2, 0.25) is 0 Å². The summed E-state index contributed by atoms with van der Waals surface area (Å²) < 4.78 is 1.59. The molecule has 0 aliphatic carbocycles. The molecule has 3 rings (SSSR count). The van der Waals surface area contributed by atoms with Gasteiger partial charge in [0, 0.05) is 0 Å². The Labute approximate surface area is 136 Å². The summed E-state index contributed by atoms with van der Waals surface area (Å²) in [5, 5.41) is 10.4. The van der Waals surface area contributed by atoms with Crippen molar-refractivity contribution in [3.63, 3.8) is 0 Å². The normalized spacial score (nSPS) is 9.57. The molecule has 2 aromatic carbocycles. The van der Waals surface area contributed by atoms with Gasteiger partial charge in [0.25, 0.3) is 0 Å². The highest BCUT2D eigenvalue weighted by atomic mass is 15.5. The van der Waals surface area contributed by atoms with E-state index in [1.54, 1.807) is 17.1 Å². The van der Waals surface area contributed by atoms with Gasteiger partial charge in [-0.15, -0.1) is 18.3 Å². The fourth-order valence-corrected chi connectivity index (χ4v) is 2.15. The van der Waals surface area contributed by atoms with Gasteiger partial charge in [-0.25, -0.2) is 4.68 Å². The molecule has 23 heavy (non-hydrogen) atoms. The maximum absolute atomic E-state index is 3.79. The van der Waals surface area contributed by atoms with E-state index >= 15 is 0 Å². The smallest absolute Gasteiger partial charge is 0.138 e. The Hall–Kier alpha value is -3.01. The second-order valence-electron chi connectivity index (χ2n) is 4.84. The molecule has 0 fully saturated rings. The van der Waals surface area contributed by atoms with Crippen LogP contribution in [0.15, 0.2) is 86.2 Å². The van der Waals surface area contributed by atoms with Crippen LogP contribution in [0, 0.1) is 0 Å². The summed E-state index contributed by atoms with van der Waals surface area (Å²) in [4.78, 5) is 0. The minimum Gasteiger partial charge on any atom is -0.229 e. The summed E-state index contributed by atoms with van der Waals surface area (Å²) >= 11 is 0. The summed E-state index contributed by atoms with van der Waals surface area (Å²) in [5.74, 6) is 0. The summed E-state index contributed by atoms with van der Waals surface area (Å²) in [6.45, 7) is 7.98. The molecular formula is C19H20N4. The predicted octanol–water partition coefficient (Wildman–Crippen LogP) is 3.94. The maximum atomic E-state index is 3.79. The predicted molar refractivity (Wildman–Crippen MR) is 93.8 cm³/mol. The van der Waals surface area contributed by atoms with Crippen LogP contribution in [0.3, 0.4) is 0 Å². The van der Waals surface area contributed by atoms with Crippen molar-refractivity contribution in [3.8, 4) is 11.1 Å². The van der Waals surface area contributed by atoms with Gasteiger partial charge >= 0.3 is 0 Å². The van der Waals surface area contributed by atoms with Crippen molar-refractivity contribution in [2.45, 2.75) is 13.0 Å². The molecule has 1 heterocycles. The minimum absolute atomic E-state index is 0.674. The van der Waals surface area contributed by atoms with Crippen molar-refractivity contribution in [2.24, 2.45) is 0 Å². The van der Waals surface area contributed by atoms with Crippen molar-refractivity contribution in [1.82, 2.24) is 20.2 Å². The van der Waals surface area contributed by atoms with Gasteiger partial charge in [-0.1, -0.05) is 66.7 Å². The first-order chi connectivity index (χ1) is 11.3. The quantitative estimate of drug-likeness (QED) is 0.671. The van der Waals surface area contributed by atoms with Crippen molar-refractivity contribution in [2.75, 3.05) is 0 Å². The summed E-state index contributed by atoms with van der Waals surface area (Å²) in [5.41, 5.74) is 3.91. The SMILES string of the molecule is C=CCc1ccccc1-c1ccccc1.C=CCn1cnnn1. The van der Waals surface area contributed by atoms with Crippen LogP contribution in [0.25, 0.3) is 11.1 Å². The fourth-order valence-electron chi connectivity index (χ4n) is 2.15. The van der Waals surface area contributed by atoms with Crippen LogP contribution in [0.5, 0.6) is 0 Å². The first-order valence-electron chi connectivity index (χ1n) is 7.41. The minimum atomic E-state index is 0.674. The van der Waals surface area contributed by atoms with E-state index in [1.165, 1.54) is 16.7 Å². The van der Waals surface area contributed by atoms with E-state index in [2.05, 4.69) is 77.2 Å². The Kier molecular flexibility index (Phi) is 6.47. The highest BCUT2D eigenvalue weighted by molar-refractivity contribution is 5.67. The van der Waals surface area contributed by atoms with Crippen molar-refractivity contribution in [3.05, 3.63) is 91.8 Å². The van der Waals surface area contributed by atoms with E-state index in [4.69, 9.17) is 0 Å². The van der Waals surface area contributed by atoms with E-state index < -0.39 is 0 Å². The Morgan fingerprint density at radius 1 is 0.913 bits per heavy atom. The summed E-state index contributed by atoms with van der Waals surface area (Å²) in [7, 11) is 0. The highest BCUT2D eigenvalue weighted by Gasteiger charge is 2.01. The third-order valence-electron chi connectivity index (χ3n) is 3.17. The van der Waals surface area contributed by atoms with Gasteiger partial charge in [0.15, 0.2) is 0 Å². The zero-order valence-electron chi connectivity index (χ0n) is 13.0. The van der Waals surface area contributed by atoms with Crippen LogP contribution in [0.4, 0.5) is 0 Å². The average molecular weight is 304 g/mol. The number of rotatable bonds is 5. The topological polar surface area (TPSA) is 43.6 Å². The molecule has 0 bridgehead atoms. The second kappa shape index (κ2) is 9.10. The van der Waals surface area contributed by atoms with E-state index in [-0.39, 0.29) is 0 Å². The standard InChI is InChI=1S/C15H14.C4H6N4/c1-2-8-13-11-6-7-12-15(13)14-9-4-3-5-10-14;1-2-3-8-4-5-6-7-8/h2-7,9-12H,1,8H2;2,4H,1,3H2. The van der Waals surface area contributed by atoms with Crippen molar-refractivity contribution < 1.29 is 0 Å². The molecule has 0 aliphatic heterocycles. The zero-order valence-corrected chi connectivity index (χ0v) is 13.0. The number of aromatic nitrogens is 4. The lowest BCUT2D eigenvalue weighted by Crippen LogP contribution is -1.94. The second-order valence-corrected chi connectivity index (χ2v) is 4.84. The van der Waals surface area contributed by atoms with Crippen LogP contribution in [-0.2, 0) is 13.0 Å². The Bertz CT molecular complexity index is 718. The molecule has 1 aromatic heterocycles. The lowest BCUT2D eigenvalue weighted by Gasteiger charge is -2.07. The molecular weight excluding hydrogens is 284 g/mol. The molecule has 0 saturated heterocycles. The number of benzene rings is 2. The first-order valence-corrected chi connectivity index (χ1v) is 7.41. The zero-order chi connectivity index (χ0) is 16.3. The maximum Gasteiger partial charge on any atom is 0.138 e. The molecule has 4 heteroatoms. The lowest BCUT2D eigenvalue weighted by molar-refractivity contribution is 0.660. The van der Waals surface area contributed by atoms with Crippen LogP contribution >= 0.6 is 0 Å². The number of hydrogen-bond donors (Lipinski definition) is 0. The van der Waals surface area contributed by atoms with E-state index in [0.29, 0.717) is 6.54 Å². The molecule has 0 saturated carbocycles. The van der Waals surface area contributed by atoms with Crippen LogP contribution < -0.4 is 0 Å². The van der Waals surface area contributed by atoms with E-state index in [9.17, 15) is 0 Å². The number of hydrogen-bond acceptors (Lipinski definition) is 3. The Morgan fingerprint density at radius 2 is 1.65 bits per heavy atom. The average Bonchev–Trinajstić information content (AvgIpc) is 3.11. The fraction of sp³-hybridized carbons (Fsp3) is 0.105. The monoisotopic (exact) mass is 304 g/mol. The molecule has 0 atom stereocenters. The van der Waals surface area contributed by atoms with Gasteiger partial charge in [0.1, 0.15) is 6.33 Å². The van der Waals surface area contributed by atoms with E-state index in [1.807, 2.05) is 12.1 Å². The van der Waals surface area contributed by atoms with Gasteiger partial charge in [-0.3, -0.25) is 0 Å². The van der Waals surface area contributed by atoms with Crippen LogP contribution in [-0.4, -0.2) is 20.2 Å². The van der Waals surface area contributed by atoms with Crippen molar-refractivity contribution >= 4 is 0 Å². The lowest BCUT2D eigenvalue weighted by atomic mass is 9.98. The molecule has 0 amide bonds. The van der Waals surface area contributed by atoms with Crippen LogP contribution in [0.1, 0.15) is 5.56 Å². The largest absolute Gasteiger partial charge is 0.229 e. The van der Waals surface area contributed by atoms with Crippen molar-refractivity contribution in [1.29, 1.82) is 0 Å². The molecule has 0 unspecified atom stereocenters. The Balaban J connectivity index is 0.000000203. The molecule has 0 radical (unpaired) electrons. The molecule has 4 nitrogen and oxygen atoms in total. The van der Waals surface area contributed by atoms with Gasteiger partial charge < -0.3 is 0 Å². The molecule has 3 aromatic rings. The molecule has 0 N–H and O–H groups in total. The summed E-state index contributed by atoms with van der Waals surface area (Å²) in [6, 6.07) is 18.9. The summed E-state index contributed by atoms with van der Waals surface area (Å²) in [6.07, 6.45) is 6.14. The third-order valence-corrected chi connectivity index (χ3v) is 3.17. The number of tetrazole rings is 1. The van der Waals surface area contributed by atoms with Gasteiger partial charge in [-0.2, -0.15) is 0 Å². The molecule has 0 spiro atoms. The molecule has 116 valence electrons. The van der Waals surface area contributed by atoms with E-state index in [0.717, 1.165) is 6.42 Å². The number of allylic oxidation sites excluding steroid dienone is 2. The van der Waals surface area contributed by atoms with Gasteiger partial charge in [0.05, 0.1) is 6.54 Å². The van der Waals surface area contributed by atoms with Gasteiger partial charge in [-0.05, 0) is 33.5 Å². The molecule has 0 aliphatic rings. The number of nitrogens with zero attached hydrogens (tertiary/aromatic N) is 4. The van der Waals surface area contributed by atoms with Crippen LogP contribution in [0.2, 0.25) is 0 Å². The first kappa shape index (κ1) is 16.4. The highest BCUT2D eigenvalue weighted by Crippen LogP contribution is 2.23.